The maximum absolute atomic E-state index is 13.6. The number of nitrogens with two attached hydrogens (primary N) is 1. The first-order valence-corrected chi connectivity index (χ1v) is 12.5. The Morgan fingerprint density at radius 2 is 1.82 bits per heavy atom. The Kier molecular flexibility index (Phi) is 6.25. The fourth-order valence-corrected chi connectivity index (χ4v) is 6.19. The van der Waals surface area contributed by atoms with Gasteiger partial charge < -0.3 is 20.6 Å². The smallest absolute Gasteiger partial charge is 0.248 e. The molecule has 2 aliphatic heterocycles. The Morgan fingerprint density at radius 1 is 1.09 bits per heavy atom. The van der Waals surface area contributed by atoms with Crippen molar-refractivity contribution < 1.29 is 14.7 Å². The van der Waals surface area contributed by atoms with Crippen LogP contribution in [-0.4, -0.2) is 58.6 Å². The summed E-state index contributed by atoms with van der Waals surface area (Å²) in [5, 5.41) is 10.4. The topological polar surface area (TPSA) is 99.8 Å². The summed E-state index contributed by atoms with van der Waals surface area (Å²) >= 11 is 6.69. The van der Waals surface area contributed by atoms with E-state index in [1.54, 1.807) is 18.3 Å². The van der Waals surface area contributed by atoms with Crippen LogP contribution in [-0.2, 0) is 4.79 Å². The number of piperidine rings is 1. The molecule has 1 aliphatic carbocycles. The summed E-state index contributed by atoms with van der Waals surface area (Å²) in [7, 11) is 0. The molecule has 1 aromatic heterocycles. The number of amides is 2. The SMILES string of the molecule is NC(=O)c1ccc(-c2cnc(N3CCCC4(CCN([C@H]5CC[C@@H](O)CC5)C4=O)C3)c(Cl)c2)cc1. The maximum atomic E-state index is 13.6. The molecule has 5 rings (SSSR count). The minimum absolute atomic E-state index is 0.217. The number of likely N-dealkylation sites (tertiary alicyclic amines) is 1. The van der Waals surface area contributed by atoms with E-state index in [1.165, 1.54) is 0 Å². The molecule has 3 N–H and O–H groups in total. The Labute approximate surface area is 204 Å². The van der Waals surface area contributed by atoms with Crippen molar-refractivity contribution in [1.82, 2.24) is 9.88 Å². The maximum Gasteiger partial charge on any atom is 0.248 e. The standard InChI is InChI=1S/C26H31ClN4O3/c27-22-14-19(17-2-4-18(5-3-17)23(28)33)15-29-24(22)30-12-1-10-26(16-30)11-13-31(25(26)34)20-6-8-21(32)9-7-20/h2-5,14-15,20-21,32H,1,6-13,16H2,(H2,28,33)/t20-,21+,26?. The van der Waals surface area contributed by atoms with Gasteiger partial charge in [-0.25, -0.2) is 4.98 Å². The van der Waals surface area contributed by atoms with Gasteiger partial charge in [0.05, 0.1) is 16.5 Å². The molecule has 1 aromatic carbocycles. The molecule has 2 aromatic rings. The number of primary amides is 1. The van der Waals surface area contributed by atoms with Gasteiger partial charge in [-0.15, -0.1) is 0 Å². The Morgan fingerprint density at radius 3 is 2.50 bits per heavy atom. The van der Waals surface area contributed by atoms with Crippen molar-refractivity contribution in [2.45, 2.75) is 57.1 Å². The van der Waals surface area contributed by atoms with Crippen molar-refractivity contribution in [2.24, 2.45) is 11.1 Å². The number of halogens is 1. The van der Waals surface area contributed by atoms with Crippen LogP contribution in [0, 0.1) is 5.41 Å². The van der Waals surface area contributed by atoms with Gasteiger partial charge >= 0.3 is 0 Å². The summed E-state index contributed by atoms with van der Waals surface area (Å²) in [6.45, 7) is 2.26. The molecule has 0 radical (unpaired) electrons. The average molecular weight is 483 g/mol. The van der Waals surface area contributed by atoms with Crippen LogP contribution in [0.2, 0.25) is 5.02 Å². The number of carbonyl (C=O) groups excluding carboxylic acids is 2. The van der Waals surface area contributed by atoms with Crippen molar-refractivity contribution in [2.75, 3.05) is 24.5 Å². The minimum atomic E-state index is -0.460. The molecule has 180 valence electrons. The lowest BCUT2D eigenvalue weighted by atomic mass is 9.78. The van der Waals surface area contributed by atoms with E-state index in [0.717, 1.165) is 69.2 Å². The van der Waals surface area contributed by atoms with Crippen LogP contribution in [0.3, 0.4) is 0 Å². The highest BCUT2D eigenvalue weighted by molar-refractivity contribution is 6.33. The zero-order valence-corrected chi connectivity index (χ0v) is 20.0. The van der Waals surface area contributed by atoms with Gasteiger partial charge in [-0.1, -0.05) is 23.7 Å². The van der Waals surface area contributed by atoms with Gasteiger partial charge in [0, 0.05) is 43.0 Å². The van der Waals surface area contributed by atoms with E-state index in [2.05, 4.69) is 14.8 Å². The lowest BCUT2D eigenvalue weighted by Crippen LogP contribution is -2.50. The van der Waals surface area contributed by atoms with Gasteiger partial charge in [0.25, 0.3) is 0 Å². The minimum Gasteiger partial charge on any atom is -0.393 e. The molecule has 34 heavy (non-hydrogen) atoms. The van der Waals surface area contributed by atoms with E-state index in [1.807, 2.05) is 18.2 Å². The number of aromatic nitrogens is 1. The molecule has 1 saturated carbocycles. The molecule has 1 atom stereocenters. The first-order chi connectivity index (χ1) is 16.4. The lowest BCUT2D eigenvalue weighted by Gasteiger charge is -2.41. The molecule has 3 aliphatic rings. The van der Waals surface area contributed by atoms with E-state index in [9.17, 15) is 14.7 Å². The molecule has 2 saturated heterocycles. The molecular formula is C26H31ClN4O3. The first kappa shape index (κ1) is 23.1. The fourth-order valence-electron chi connectivity index (χ4n) is 5.91. The van der Waals surface area contributed by atoms with Crippen molar-refractivity contribution >= 4 is 29.2 Å². The van der Waals surface area contributed by atoms with Crippen LogP contribution in [0.25, 0.3) is 11.1 Å². The second kappa shape index (κ2) is 9.19. The van der Waals surface area contributed by atoms with Gasteiger partial charge in [0.1, 0.15) is 5.82 Å². The Hall–Kier alpha value is -2.64. The Bertz CT molecular complexity index is 1080. The molecule has 3 fully saturated rings. The third-order valence-corrected chi connectivity index (χ3v) is 8.13. The van der Waals surface area contributed by atoms with Crippen LogP contribution >= 0.6 is 11.6 Å². The summed E-state index contributed by atoms with van der Waals surface area (Å²) in [5.74, 6) is 0.518. The predicted molar refractivity (Wildman–Crippen MR) is 132 cm³/mol. The number of aliphatic hydroxyl groups excluding tert-OH is 1. The summed E-state index contributed by atoms with van der Waals surface area (Å²) in [5.41, 5.74) is 7.18. The number of benzene rings is 1. The second-order valence-electron chi connectivity index (χ2n) is 9.99. The van der Waals surface area contributed by atoms with Gasteiger partial charge in [-0.05, 0) is 68.7 Å². The largest absolute Gasteiger partial charge is 0.393 e. The van der Waals surface area contributed by atoms with Crippen molar-refractivity contribution in [3.63, 3.8) is 0 Å². The third-order valence-electron chi connectivity index (χ3n) is 7.85. The summed E-state index contributed by atoms with van der Waals surface area (Å²) in [6.07, 6.45) is 7.61. The first-order valence-electron chi connectivity index (χ1n) is 12.2. The number of carbonyl (C=O) groups is 2. The van der Waals surface area contributed by atoms with Crippen molar-refractivity contribution in [1.29, 1.82) is 0 Å². The molecule has 1 unspecified atom stereocenters. The van der Waals surface area contributed by atoms with Crippen LogP contribution in [0.1, 0.15) is 55.3 Å². The van der Waals surface area contributed by atoms with E-state index < -0.39 is 5.91 Å². The number of pyridine rings is 1. The van der Waals surface area contributed by atoms with Gasteiger partial charge in [-0.3, -0.25) is 9.59 Å². The number of anilines is 1. The average Bonchev–Trinajstić information content (AvgIpc) is 3.14. The van der Waals surface area contributed by atoms with E-state index in [0.29, 0.717) is 22.9 Å². The molecule has 7 nitrogen and oxygen atoms in total. The number of hydrogen-bond donors (Lipinski definition) is 2. The van der Waals surface area contributed by atoms with Gasteiger partial charge in [-0.2, -0.15) is 0 Å². The number of nitrogens with zero attached hydrogens (tertiary/aromatic N) is 3. The summed E-state index contributed by atoms with van der Waals surface area (Å²) in [4.78, 5) is 33.8. The zero-order valence-electron chi connectivity index (χ0n) is 19.3. The number of hydrogen-bond acceptors (Lipinski definition) is 5. The quantitative estimate of drug-likeness (QED) is 0.693. The van der Waals surface area contributed by atoms with Crippen LogP contribution in [0.4, 0.5) is 5.82 Å². The van der Waals surface area contributed by atoms with Crippen LogP contribution in [0.5, 0.6) is 0 Å². The molecule has 8 heteroatoms. The predicted octanol–water partition coefficient (Wildman–Crippen LogP) is 3.62. The molecule has 3 heterocycles. The monoisotopic (exact) mass is 482 g/mol. The van der Waals surface area contributed by atoms with Crippen molar-refractivity contribution in [3.8, 4) is 11.1 Å². The van der Waals surface area contributed by atoms with E-state index in [-0.39, 0.29) is 23.5 Å². The number of rotatable bonds is 4. The zero-order chi connectivity index (χ0) is 23.9. The van der Waals surface area contributed by atoms with Crippen LogP contribution < -0.4 is 10.6 Å². The van der Waals surface area contributed by atoms with E-state index in [4.69, 9.17) is 17.3 Å². The highest BCUT2D eigenvalue weighted by Crippen LogP contribution is 2.44. The highest BCUT2D eigenvalue weighted by Gasteiger charge is 2.51. The summed E-state index contributed by atoms with van der Waals surface area (Å²) in [6, 6.07) is 9.20. The number of aliphatic hydroxyl groups is 1. The second-order valence-corrected chi connectivity index (χ2v) is 10.4. The molecule has 0 bridgehead atoms. The highest BCUT2D eigenvalue weighted by atomic mass is 35.5. The van der Waals surface area contributed by atoms with Crippen molar-refractivity contribution in [3.05, 3.63) is 47.1 Å². The lowest BCUT2D eigenvalue weighted by molar-refractivity contribution is -0.139. The molecular weight excluding hydrogens is 452 g/mol. The molecule has 1 spiro atoms. The van der Waals surface area contributed by atoms with Crippen LogP contribution in [0.15, 0.2) is 36.5 Å². The fraction of sp³-hybridized carbons (Fsp3) is 0.500. The molecule has 2 amide bonds. The summed E-state index contributed by atoms with van der Waals surface area (Å²) < 4.78 is 0. The van der Waals surface area contributed by atoms with Gasteiger partial charge in [0.2, 0.25) is 11.8 Å². The van der Waals surface area contributed by atoms with Gasteiger partial charge in [0.15, 0.2) is 0 Å². The normalized spacial score (nSPS) is 27.4. The Balaban J connectivity index is 1.32. The third kappa shape index (κ3) is 4.27. The van der Waals surface area contributed by atoms with E-state index >= 15 is 0 Å².